The molecule has 0 aliphatic carbocycles. The molecule has 0 spiro atoms. The number of ether oxygens (including phenoxy) is 2. The van der Waals surface area contributed by atoms with Crippen LogP contribution >= 0.6 is 0 Å². The topological polar surface area (TPSA) is 324 Å². The van der Waals surface area contributed by atoms with E-state index in [2.05, 4.69) is 61.8 Å². The Hall–Kier alpha value is -5.42. The van der Waals surface area contributed by atoms with Crippen LogP contribution in [0.5, 0.6) is 0 Å². The summed E-state index contributed by atoms with van der Waals surface area (Å²) in [6.45, 7) is 6.76. The van der Waals surface area contributed by atoms with Gasteiger partial charge in [-0.3, -0.25) is 9.11 Å². The lowest BCUT2D eigenvalue weighted by molar-refractivity contribution is 0.122. The van der Waals surface area contributed by atoms with Crippen molar-refractivity contribution in [2.45, 2.75) is 9.79 Å². The summed E-state index contributed by atoms with van der Waals surface area (Å²) in [5.41, 5.74) is 0.392. The van der Waals surface area contributed by atoms with Crippen molar-refractivity contribution < 1.29 is 45.6 Å². The molecule has 0 radical (unpaired) electrons. The van der Waals surface area contributed by atoms with Crippen LogP contribution in [0.1, 0.15) is 11.1 Å². The van der Waals surface area contributed by atoms with Crippen LogP contribution in [-0.4, -0.2) is 171 Å². The number of hydrogen-bond acceptors (Lipinski definition) is 22. The molecule has 2 aromatic heterocycles. The summed E-state index contributed by atoms with van der Waals surface area (Å²) in [6, 6.07) is 8.16. The van der Waals surface area contributed by atoms with E-state index in [-0.39, 0.29) is 59.5 Å². The number of rotatable bonds is 22. The number of benzene rings is 2. The lowest BCUT2D eigenvalue weighted by atomic mass is 10.1. The van der Waals surface area contributed by atoms with Gasteiger partial charge in [-0.15, -0.1) is 0 Å². The first-order valence-electron chi connectivity index (χ1n) is 19.6. The molecule has 6 rings (SSSR count). The van der Waals surface area contributed by atoms with Crippen molar-refractivity contribution in [1.82, 2.24) is 40.5 Å². The SMILES string of the molecule is O=S(=O)(O)c1cc(Nc2nc(NCCNCCO)nc(N3CCOCC3)n2)ccc1/C=C/c1ccc(Nc2nc(NCCNCCO)nc(N3CCOCC3)n2)cc1S(=O)(=O)O. The molecular formula is C36H50N14O10S2. The molecule has 0 atom stereocenters. The second kappa shape index (κ2) is 22.1. The Morgan fingerprint density at radius 2 is 0.935 bits per heavy atom. The van der Waals surface area contributed by atoms with Crippen LogP contribution < -0.4 is 41.7 Å². The molecule has 26 heteroatoms. The number of morpholine rings is 2. The lowest BCUT2D eigenvalue weighted by Crippen LogP contribution is -2.37. The molecular weight excluding hydrogens is 853 g/mol. The van der Waals surface area contributed by atoms with E-state index in [0.717, 1.165) is 0 Å². The third-order valence-corrected chi connectivity index (χ3v) is 10.9. The number of aliphatic hydroxyl groups excluding tert-OH is 2. The van der Waals surface area contributed by atoms with Crippen molar-refractivity contribution in [2.75, 3.05) is 136 Å². The third kappa shape index (κ3) is 13.5. The molecule has 2 aromatic carbocycles. The van der Waals surface area contributed by atoms with Gasteiger partial charge in [0.2, 0.25) is 35.7 Å². The Bertz CT molecular complexity index is 2210. The third-order valence-electron chi connectivity index (χ3n) is 9.12. The smallest absolute Gasteiger partial charge is 0.295 e. The molecule has 0 amide bonds. The number of nitrogens with one attached hydrogen (secondary N) is 6. The monoisotopic (exact) mass is 902 g/mol. The molecule has 2 aliphatic heterocycles. The standard InChI is InChI=1S/C36H50N14O10S2/c51-17-11-37-7-9-39-31-43-33(47-35(45-31)49-13-19-59-20-14-49)41-27-5-3-25(29(23-27)61(53,54)55)1-2-26-4-6-28(24-30(26)62(56,57)58)42-34-44-32(40-10-8-38-12-18-52)46-36(48-34)50-15-21-60-22-16-50/h1-6,23-24,37-38,51-52H,7-22H2,(H,53,54,55)(H,56,57,58)(H2,39,41,43,45,47)(H2,40,42,44,46,48)/b2-1+. The first-order chi connectivity index (χ1) is 29.9. The van der Waals surface area contributed by atoms with Crippen molar-refractivity contribution in [2.24, 2.45) is 0 Å². The Balaban J connectivity index is 1.24. The number of hydrogen-bond donors (Lipinski definition) is 10. The molecule has 0 unspecified atom stereocenters. The molecule has 62 heavy (non-hydrogen) atoms. The van der Waals surface area contributed by atoms with Gasteiger partial charge in [-0.05, 0) is 35.4 Å². The van der Waals surface area contributed by atoms with Gasteiger partial charge >= 0.3 is 0 Å². The number of aromatic nitrogens is 6. The predicted molar refractivity (Wildman–Crippen MR) is 231 cm³/mol. The zero-order chi connectivity index (χ0) is 44.0. The fourth-order valence-corrected chi connectivity index (χ4v) is 7.55. The lowest BCUT2D eigenvalue weighted by Gasteiger charge is -2.27. The molecule has 10 N–H and O–H groups in total. The minimum atomic E-state index is -4.84. The Morgan fingerprint density at radius 3 is 1.31 bits per heavy atom. The van der Waals surface area contributed by atoms with Crippen molar-refractivity contribution in [3.8, 4) is 0 Å². The van der Waals surface area contributed by atoms with E-state index < -0.39 is 30.0 Å². The maximum absolute atomic E-state index is 12.7. The van der Waals surface area contributed by atoms with Gasteiger partial charge in [0, 0.05) is 76.8 Å². The zero-order valence-corrected chi connectivity index (χ0v) is 35.2. The van der Waals surface area contributed by atoms with E-state index in [1.54, 1.807) is 0 Å². The molecule has 4 aromatic rings. The van der Waals surface area contributed by atoms with Gasteiger partial charge in [0.15, 0.2) is 0 Å². The van der Waals surface area contributed by atoms with Gasteiger partial charge < -0.3 is 61.4 Å². The van der Waals surface area contributed by atoms with Gasteiger partial charge in [0.1, 0.15) is 9.79 Å². The number of nitrogens with zero attached hydrogens (tertiary/aromatic N) is 8. The van der Waals surface area contributed by atoms with Gasteiger partial charge in [-0.1, -0.05) is 24.3 Å². The maximum atomic E-state index is 12.7. The molecule has 2 fully saturated rings. The maximum Gasteiger partial charge on any atom is 0.295 e. The highest BCUT2D eigenvalue weighted by molar-refractivity contribution is 7.86. The second-order valence-electron chi connectivity index (χ2n) is 13.6. The first kappa shape index (κ1) is 46.1. The zero-order valence-electron chi connectivity index (χ0n) is 33.6. The average molecular weight is 903 g/mol. The predicted octanol–water partition coefficient (Wildman–Crippen LogP) is -0.132. The van der Waals surface area contributed by atoms with Crippen molar-refractivity contribution in [3.05, 3.63) is 47.5 Å². The molecule has 2 aliphatic rings. The molecule has 0 saturated carbocycles. The highest BCUT2D eigenvalue weighted by atomic mass is 32.2. The summed E-state index contributed by atoms with van der Waals surface area (Å²) in [6.07, 6.45) is 2.56. The summed E-state index contributed by atoms with van der Waals surface area (Å²) >= 11 is 0. The van der Waals surface area contributed by atoms with Gasteiger partial charge in [-0.2, -0.15) is 46.7 Å². The van der Waals surface area contributed by atoms with Crippen molar-refractivity contribution in [3.63, 3.8) is 0 Å². The van der Waals surface area contributed by atoms with E-state index in [0.29, 0.717) is 104 Å². The van der Waals surface area contributed by atoms with Crippen LogP contribution in [0.25, 0.3) is 12.2 Å². The normalized spacial score (nSPS) is 14.9. The van der Waals surface area contributed by atoms with E-state index in [1.807, 2.05) is 9.80 Å². The van der Waals surface area contributed by atoms with E-state index in [4.69, 9.17) is 19.7 Å². The van der Waals surface area contributed by atoms with Crippen molar-refractivity contribution in [1.29, 1.82) is 0 Å². The molecule has 0 bridgehead atoms. The van der Waals surface area contributed by atoms with Crippen LogP contribution in [0.4, 0.5) is 47.1 Å². The average Bonchev–Trinajstić information content (AvgIpc) is 3.26. The quantitative estimate of drug-likeness (QED) is 0.0279. The molecule has 2 saturated heterocycles. The van der Waals surface area contributed by atoms with Gasteiger partial charge in [0.05, 0.1) is 39.6 Å². The summed E-state index contributed by atoms with van der Waals surface area (Å²) in [7, 11) is -9.68. The van der Waals surface area contributed by atoms with Crippen LogP contribution in [0.3, 0.4) is 0 Å². The molecule has 336 valence electrons. The van der Waals surface area contributed by atoms with Gasteiger partial charge in [0.25, 0.3) is 20.2 Å². The fourth-order valence-electron chi connectivity index (χ4n) is 6.13. The Morgan fingerprint density at radius 1 is 0.548 bits per heavy atom. The highest BCUT2D eigenvalue weighted by Crippen LogP contribution is 2.29. The van der Waals surface area contributed by atoms with Crippen LogP contribution in [0.2, 0.25) is 0 Å². The largest absolute Gasteiger partial charge is 0.395 e. The Labute approximate surface area is 358 Å². The summed E-state index contributed by atoms with van der Waals surface area (Å²) < 4.78 is 82.2. The Kier molecular flexibility index (Phi) is 16.4. The van der Waals surface area contributed by atoms with Crippen LogP contribution in [-0.2, 0) is 29.7 Å². The first-order valence-corrected chi connectivity index (χ1v) is 22.5. The van der Waals surface area contributed by atoms with E-state index in [9.17, 15) is 25.9 Å². The minimum absolute atomic E-state index is 0.00338. The molecule has 4 heterocycles. The number of anilines is 8. The van der Waals surface area contributed by atoms with Crippen LogP contribution in [0, 0.1) is 0 Å². The number of aliphatic hydroxyl groups is 2. The summed E-state index contributed by atoms with van der Waals surface area (Å²) in [5, 5.41) is 36.3. The molecule has 24 nitrogen and oxygen atoms in total. The highest BCUT2D eigenvalue weighted by Gasteiger charge is 2.21. The van der Waals surface area contributed by atoms with E-state index in [1.165, 1.54) is 48.6 Å². The second-order valence-corrected chi connectivity index (χ2v) is 16.4. The van der Waals surface area contributed by atoms with E-state index >= 15 is 0 Å². The summed E-state index contributed by atoms with van der Waals surface area (Å²) in [5.74, 6) is 1.36. The summed E-state index contributed by atoms with van der Waals surface area (Å²) in [4.78, 5) is 29.7. The van der Waals surface area contributed by atoms with Gasteiger partial charge in [-0.25, -0.2) is 0 Å². The van der Waals surface area contributed by atoms with Crippen molar-refractivity contribution >= 4 is 79.5 Å². The minimum Gasteiger partial charge on any atom is -0.395 e. The fraction of sp³-hybridized carbons (Fsp3) is 0.444. The van der Waals surface area contributed by atoms with Crippen LogP contribution in [0.15, 0.2) is 46.2 Å².